The average molecular weight is 350 g/mol. The maximum atomic E-state index is 11.2. The van der Waals surface area contributed by atoms with Gasteiger partial charge in [0.2, 0.25) is 0 Å². The van der Waals surface area contributed by atoms with Crippen molar-refractivity contribution in [3.05, 3.63) is 69.9 Å². The van der Waals surface area contributed by atoms with Crippen molar-refractivity contribution < 1.29 is 14.4 Å². The molecule has 0 N–H and O–H groups in total. The Morgan fingerprint density at radius 2 is 1.96 bits per heavy atom. The number of hydrogen-bond acceptors (Lipinski definition) is 5. The molecule has 0 fully saturated rings. The van der Waals surface area contributed by atoms with E-state index >= 15 is 0 Å². The smallest absolute Gasteiger partial charge is 0.295 e. The van der Waals surface area contributed by atoms with Crippen molar-refractivity contribution >= 4 is 28.7 Å². The fourth-order valence-electron chi connectivity index (χ4n) is 2.63. The summed E-state index contributed by atoms with van der Waals surface area (Å²) in [5.74, 6) is 1.34. The van der Waals surface area contributed by atoms with Gasteiger partial charge in [0.15, 0.2) is 11.5 Å². The SMILES string of the molecule is CCOc1ccc(/C=C/c2ccc3cccc([N+](=O)[O-])c3n2)cc1OC. The second kappa shape index (κ2) is 7.65. The summed E-state index contributed by atoms with van der Waals surface area (Å²) in [6.45, 7) is 2.48. The molecule has 0 saturated carbocycles. The van der Waals surface area contributed by atoms with Gasteiger partial charge in [0, 0.05) is 11.5 Å². The van der Waals surface area contributed by atoms with Crippen molar-refractivity contribution in [3.8, 4) is 11.5 Å². The number of ether oxygens (including phenoxy) is 2. The molecule has 0 saturated heterocycles. The van der Waals surface area contributed by atoms with Crippen molar-refractivity contribution in [2.24, 2.45) is 0 Å². The molecule has 2 aromatic carbocycles. The number of nitro groups is 1. The molecule has 0 atom stereocenters. The number of rotatable bonds is 6. The lowest BCUT2D eigenvalue weighted by molar-refractivity contribution is -0.383. The first-order valence-electron chi connectivity index (χ1n) is 8.15. The first-order valence-corrected chi connectivity index (χ1v) is 8.15. The van der Waals surface area contributed by atoms with Crippen LogP contribution in [0.1, 0.15) is 18.2 Å². The van der Waals surface area contributed by atoms with Crippen molar-refractivity contribution in [1.29, 1.82) is 0 Å². The number of benzene rings is 2. The molecular weight excluding hydrogens is 332 g/mol. The Morgan fingerprint density at radius 1 is 1.12 bits per heavy atom. The minimum absolute atomic E-state index is 0.000450. The molecule has 0 radical (unpaired) electrons. The van der Waals surface area contributed by atoms with Gasteiger partial charge >= 0.3 is 0 Å². The van der Waals surface area contributed by atoms with Crippen LogP contribution in [0.4, 0.5) is 5.69 Å². The highest BCUT2D eigenvalue weighted by atomic mass is 16.6. The molecule has 3 aromatic rings. The molecule has 0 spiro atoms. The van der Waals surface area contributed by atoms with Gasteiger partial charge in [-0.05, 0) is 36.8 Å². The predicted molar refractivity (Wildman–Crippen MR) is 101 cm³/mol. The molecule has 0 aliphatic rings. The summed E-state index contributed by atoms with van der Waals surface area (Å²) < 4.78 is 10.8. The topological polar surface area (TPSA) is 74.5 Å². The lowest BCUT2D eigenvalue weighted by Crippen LogP contribution is -1.95. The number of pyridine rings is 1. The van der Waals surface area contributed by atoms with E-state index in [0.717, 1.165) is 10.9 Å². The summed E-state index contributed by atoms with van der Waals surface area (Å²) in [5.41, 5.74) is 1.93. The first-order chi connectivity index (χ1) is 12.6. The third-order valence-electron chi connectivity index (χ3n) is 3.85. The van der Waals surface area contributed by atoms with E-state index in [0.29, 0.717) is 29.3 Å². The zero-order chi connectivity index (χ0) is 18.5. The van der Waals surface area contributed by atoms with Crippen LogP contribution < -0.4 is 9.47 Å². The molecule has 1 heterocycles. The minimum Gasteiger partial charge on any atom is -0.493 e. The van der Waals surface area contributed by atoms with Gasteiger partial charge < -0.3 is 9.47 Å². The van der Waals surface area contributed by atoms with E-state index in [1.54, 1.807) is 19.2 Å². The monoisotopic (exact) mass is 350 g/mol. The summed E-state index contributed by atoms with van der Waals surface area (Å²) >= 11 is 0. The molecular formula is C20H18N2O4. The van der Waals surface area contributed by atoms with E-state index in [4.69, 9.17) is 9.47 Å². The van der Waals surface area contributed by atoms with Crippen molar-refractivity contribution in [3.63, 3.8) is 0 Å². The summed E-state index contributed by atoms with van der Waals surface area (Å²) in [4.78, 5) is 15.2. The average Bonchev–Trinajstić information content (AvgIpc) is 2.66. The fraction of sp³-hybridized carbons (Fsp3) is 0.150. The molecule has 6 nitrogen and oxygen atoms in total. The van der Waals surface area contributed by atoms with Crippen LogP contribution in [0.5, 0.6) is 11.5 Å². The predicted octanol–water partition coefficient (Wildman–Crippen LogP) is 4.72. The summed E-state index contributed by atoms with van der Waals surface area (Å²) in [6, 6.07) is 14.2. The highest BCUT2D eigenvalue weighted by Crippen LogP contribution is 2.29. The van der Waals surface area contributed by atoms with Gasteiger partial charge in [0.1, 0.15) is 5.52 Å². The molecule has 0 bridgehead atoms. The summed E-state index contributed by atoms with van der Waals surface area (Å²) in [5, 5.41) is 11.9. The molecule has 0 aliphatic heterocycles. The lowest BCUT2D eigenvalue weighted by atomic mass is 10.1. The van der Waals surface area contributed by atoms with Gasteiger partial charge in [-0.3, -0.25) is 10.1 Å². The van der Waals surface area contributed by atoms with E-state index < -0.39 is 4.92 Å². The van der Waals surface area contributed by atoms with Crippen LogP contribution in [0.2, 0.25) is 0 Å². The molecule has 6 heteroatoms. The van der Waals surface area contributed by atoms with Crippen LogP contribution in [0.25, 0.3) is 23.1 Å². The molecule has 0 aliphatic carbocycles. The van der Waals surface area contributed by atoms with Gasteiger partial charge in [-0.1, -0.05) is 30.3 Å². The number of fused-ring (bicyclic) bond motifs is 1. The summed E-state index contributed by atoms with van der Waals surface area (Å²) in [7, 11) is 1.59. The Labute approximate surface area is 150 Å². The van der Waals surface area contributed by atoms with Gasteiger partial charge in [-0.25, -0.2) is 4.98 Å². The normalized spacial score (nSPS) is 11.0. The number of non-ortho nitro benzene ring substituents is 1. The fourth-order valence-corrected chi connectivity index (χ4v) is 2.63. The number of aromatic nitrogens is 1. The van der Waals surface area contributed by atoms with Crippen LogP contribution in [0.15, 0.2) is 48.5 Å². The van der Waals surface area contributed by atoms with Crippen LogP contribution in [-0.4, -0.2) is 23.6 Å². The van der Waals surface area contributed by atoms with E-state index in [1.807, 2.05) is 49.4 Å². The van der Waals surface area contributed by atoms with Crippen LogP contribution >= 0.6 is 0 Å². The van der Waals surface area contributed by atoms with Crippen LogP contribution in [0.3, 0.4) is 0 Å². The highest BCUT2D eigenvalue weighted by Gasteiger charge is 2.12. The standard InChI is InChI=1S/C20H18N2O4/c1-3-26-18-12-8-14(13-19(18)25-2)7-10-16-11-9-15-5-4-6-17(22(23)24)20(15)21-16/h4-13H,3H2,1-2H3/b10-7+. The molecule has 3 rings (SSSR count). The number of nitro benzene ring substituents is 1. The second-order valence-electron chi connectivity index (χ2n) is 5.52. The van der Waals surface area contributed by atoms with Gasteiger partial charge in [0.25, 0.3) is 5.69 Å². The number of para-hydroxylation sites is 1. The number of methoxy groups -OCH3 is 1. The quantitative estimate of drug-likeness (QED) is 0.475. The van der Waals surface area contributed by atoms with E-state index in [9.17, 15) is 10.1 Å². The van der Waals surface area contributed by atoms with E-state index in [2.05, 4.69) is 4.98 Å². The largest absolute Gasteiger partial charge is 0.493 e. The van der Waals surface area contributed by atoms with Gasteiger partial charge in [-0.2, -0.15) is 0 Å². The zero-order valence-electron chi connectivity index (χ0n) is 14.5. The third-order valence-corrected chi connectivity index (χ3v) is 3.85. The molecule has 1 aromatic heterocycles. The second-order valence-corrected chi connectivity index (χ2v) is 5.52. The van der Waals surface area contributed by atoms with Crippen LogP contribution in [-0.2, 0) is 0 Å². The number of nitrogens with zero attached hydrogens (tertiary/aromatic N) is 2. The van der Waals surface area contributed by atoms with Crippen molar-refractivity contribution in [1.82, 2.24) is 4.98 Å². The Morgan fingerprint density at radius 3 is 2.69 bits per heavy atom. The van der Waals surface area contributed by atoms with E-state index in [1.165, 1.54) is 6.07 Å². The maximum absolute atomic E-state index is 11.2. The number of hydrogen-bond donors (Lipinski definition) is 0. The lowest BCUT2D eigenvalue weighted by Gasteiger charge is -2.09. The molecule has 26 heavy (non-hydrogen) atoms. The first kappa shape index (κ1) is 17.4. The van der Waals surface area contributed by atoms with E-state index in [-0.39, 0.29) is 5.69 Å². The molecule has 0 unspecified atom stereocenters. The van der Waals surface area contributed by atoms with Crippen molar-refractivity contribution in [2.75, 3.05) is 13.7 Å². The third kappa shape index (κ3) is 3.64. The Kier molecular flexibility index (Phi) is 5.12. The Bertz CT molecular complexity index is 983. The Balaban J connectivity index is 1.93. The van der Waals surface area contributed by atoms with Gasteiger partial charge in [0.05, 0.1) is 24.3 Å². The van der Waals surface area contributed by atoms with Gasteiger partial charge in [-0.15, -0.1) is 0 Å². The molecule has 132 valence electrons. The Hall–Kier alpha value is -3.41. The molecule has 0 amide bonds. The highest BCUT2D eigenvalue weighted by molar-refractivity contribution is 5.88. The van der Waals surface area contributed by atoms with Crippen LogP contribution in [0, 0.1) is 10.1 Å². The zero-order valence-corrected chi connectivity index (χ0v) is 14.5. The minimum atomic E-state index is -0.417. The van der Waals surface area contributed by atoms with Crippen molar-refractivity contribution in [2.45, 2.75) is 6.92 Å². The summed E-state index contributed by atoms with van der Waals surface area (Å²) in [6.07, 6.45) is 3.69. The maximum Gasteiger partial charge on any atom is 0.295 e.